The van der Waals surface area contributed by atoms with E-state index < -0.39 is 42.0 Å². The van der Waals surface area contributed by atoms with Crippen LogP contribution in [-0.4, -0.2) is 76.2 Å². The zero-order chi connectivity index (χ0) is 30.1. The van der Waals surface area contributed by atoms with Gasteiger partial charge in [-0.25, -0.2) is 4.79 Å². The number of aliphatic hydroxyl groups excluding tert-OH is 2. The van der Waals surface area contributed by atoms with Crippen LogP contribution >= 0.6 is 0 Å². The van der Waals surface area contributed by atoms with Gasteiger partial charge in [-0.2, -0.15) is 0 Å². The minimum absolute atomic E-state index is 0.0320. The van der Waals surface area contributed by atoms with Crippen LogP contribution in [-0.2, 0) is 0 Å². The molecule has 0 saturated carbocycles. The van der Waals surface area contributed by atoms with Crippen LogP contribution in [0.5, 0.6) is 40.2 Å². The fourth-order valence-corrected chi connectivity index (χ4v) is 4.98. The molecular weight excluding hydrogens is 550 g/mol. The van der Waals surface area contributed by atoms with E-state index in [1.165, 1.54) is 24.1 Å². The van der Waals surface area contributed by atoms with Crippen molar-refractivity contribution in [3.8, 4) is 40.2 Å². The van der Waals surface area contributed by atoms with E-state index in [-0.39, 0.29) is 40.9 Å². The Labute approximate surface area is 241 Å². The highest BCUT2D eigenvalue weighted by molar-refractivity contribution is 6.05. The Morgan fingerprint density at radius 1 is 0.881 bits per heavy atom. The molecule has 3 aromatic carbocycles. The van der Waals surface area contributed by atoms with Gasteiger partial charge in [-0.05, 0) is 43.7 Å². The number of ketones is 1. The maximum absolute atomic E-state index is 13.1. The minimum atomic E-state index is -1.67. The fraction of sp³-hybridized carbons (Fsp3) is 0.333. The Balaban J connectivity index is 1.45. The van der Waals surface area contributed by atoms with Crippen LogP contribution in [0.1, 0.15) is 47.5 Å². The van der Waals surface area contributed by atoms with Crippen LogP contribution in [0, 0.1) is 0 Å². The Morgan fingerprint density at radius 2 is 1.57 bits per heavy atom. The third-order valence-corrected chi connectivity index (χ3v) is 7.22. The fourth-order valence-electron chi connectivity index (χ4n) is 4.98. The largest absolute Gasteiger partial charge is 0.507 e. The third-order valence-electron chi connectivity index (χ3n) is 7.22. The van der Waals surface area contributed by atoms with Gasteiger partial charge in [0, 0.05) is 30.8 Å². The molecule has 2 aliphatic heterocycles. The van der Waals surface area contributed by atoms with Crippen LogP contribution < -0.4 is 23.7 Å². The summed E-state index contributed by atoms with van der Waals surface area (Å²) < 4.78 is 28.7. The second-order valence-electron chi connectivity index (χ2n) is 9.72. The molecule has 0 radical (unpaired) electrons. The van der Waals surface area contributed by atoms with E-state index in [9.17, 15) is 30.0 Å². The number of phenols is 2. The SMILES string of the molecule is CCN(CC)C(=O)Oc1cc(O)c2c(c1)O[C@H](c1ccc3c(c1)OC(c1ccc(O)c(OC)c1)C(CO)O3)[C@@H](O)C2=O. The van der Waals surface area contributed by atoms with E-state index >= 15 is 0 Å². The highest BCUT2D eigenvalue weighted by atomic mass is 16.6. The first-order chi connectivity index (χ1) is 20.2. The topological polar surface area (TPSA) is 164 Å². The first-order valence-corrected chi connectivity index (χ1v) is 13.4. The van der Waals surface area contributed by atoms with Crippen molar-refractivity contribution in [2.45, 2.75) is 38.3 Å². The molecule has 0 saturated heterocycles. The predicted molar refractivity (Wildman–Crippen MR) is 147 cm³/mol. The average Bonchev–Trinajstić information content (AvgIpc) is 2.98. The summed E-state index contributed by atoms with van der Waals surface area (Å²) in [5, 5.41) is 41.4. The second kappa shape index (κ2) is 11.7. The lowest BCUT2D eigenvalue weighted by atomic mass is 9.92. The van der Waals surface area contributed by atoms with Gasteiger partial charge >= 0.3 is 6.09 Å². The molecule has 2 unspecified atom stereocenters. The van der Waals surface area contributed by atoms with E-state index in [4.69, 9.17) is 23.7 Å². The number of Topliss-reactive ketones (excluding diaryl/α,β-unsaturated/α-hetero) is 1. The van der Waals surface area contributed by atoms with E-state index in [0.29, 0.717) is 30.0 Å². The van der Waals surface area contributed by atoms with E-state index in [1.54, 1.807) is 44.2 Å². The van der Waals surface area contributed by atoms with E-state index in [0.717, 1.165) is 6.07 Å². The van der Waals surface area contributed by atoms with Crippen LogP contribution in [0.3, 0.4) is 0 Å². The van der Waals surface area contributed by atoms with Crippen LogP contribution in [0.25, 0.3) is 0 Å². The van der Waals surface area contributed by atoms with Crippen LogP contribution in [0.2, 0.25) is 0 Å². The average molecular weight is 582 g/mol. The van der Waals surface area contributed by atoms with Crippen molar-refractivity contribution in [2.24, 2.45) is 0 Å². The van der Waals surface area contributed by atoms with E-state index in [2.05, 4.69) is 0 Å². The first kappa shape index (κ1) is 28.8. The number of fused-ring (bicyclic) bond motifs is 2. The maximum Gasteiger partial charge on any atom is 0.415 e. The van der Waals surface area contributed by atoms with Gasteiger partial charge in [0.05, 0.1) is 13.7 Å². The Bertz CT molecular complexity index is 1500. The van der Waals surface area contributed by atoms with Crippen molar-refractivity contribution < 1.29 is 53.7 Å². The molecule has 42 heavy (non-hydrogen) atoms. The summed E-state index contributed by atoms with van der Waals surface area (Å²) >= 11 is 0. The van der Waals surface area contributed by atoms with Crippen molar-refractivity contribution in [2.75, 3.05) is 26.8 Å². The molecule has 0 fully saturated rings. The number of carbonyl (C=O) groups is 2. The number of aliphatic hydroxyl groups is 2. The lowest BCUT2D eigenvalue weighted by Crippen LogP contribution is -2.37. The molecule has 4 N–H and O–H groups in total. The summed E-state index contributed by atoms with van der Waals surface area (Å²) in [6.45, 7) is 4.06. The predicted octanol–water partition coefficient (Wildman–Crippen LogP) is 3.50. The standard InChI is InChI=1S/C30H31NO11/c1-4-31(5-2)30(37)39-17-12-19(34)25-23(13-17)42-29(27(36)26(25)35)16-7-9-20-22(11-16)41-28(24(14-32)40-20)15-6-8-18(33)21(10-15)38-3/h6-13,24,27-29,32-34,36H,4-5,14H2,1-3H3/t24?,27-,28?,29+/m0/s1. The summed E-state index contributed by atoms with van der Waals surface area (Å²) in [7, 11) is 1.41. The van der Waals surface area contributed by atoms with Gasteiger partial charge in [0.15, 0.2) is 47.4 Å². The maximum atomic E-state index is 13.1. The van der Waals surface area contributed by atoms with Gasteiger partial charge in [-0.3, -0.25) is 4.79 Å². The number of amides is 1. The molecule has 0 aliphatic carbocycles. The number of nitrogens with zero attached hydrogens (tertiary/aromatic N) is 1. The molecule has 0 aromatic heterocycles. The van der Waals surface area contributed by atoms with Crippen molar-refractivity contribution in [3.63, 3.8) is 0 Å². The molecule has 222 valence electrons. The number of carbonyl (C=O) groups excluding carboxylic acids is 2. The molecule has 12 heteroatoms. The number of aromatic hydroxyl groups is 2. The molecule has 5 rings (SSSR count). The molecule has 12 nitrogen and oxygen atoms in total. The summed E-state index contributed by atoms with van der Waals surface area (Å²) in [4.78, 5) is 27.0. The van der Waals surface area contributed by atoms with Gasteiger partial charge in [-0.1, -0.05) is 12.1 Å². The monoisotopic (exact) mass is 581 g/mol. The quantitative estimate of drug-likeness (QED) is 0.323. The van der Waals surface area contributed by atoms with E-state index in [1.807, 2.05) is 0 Å². The number of ether oxygens (including phenoxy) is 5. The third kappa shape index (κ3) is 5.21. The van der Waals surface area contributed by atoms with Crippen molar-refractivity contribution in [3.05, 3.63) is 65.2 Å². The minimum Gasteiger partial charge on any atom is -0.507 e. The van der Waals surface area contributed by atoms with Gasteiger partial charge in [0.25, 0.3) is 0 Å². The molecular formula is C30H31NO11. The Morgan fingerprint density at radius 3 is 2.26 bits per heavy atom. The lowest BCUT2D eigenvalue weighted by molar-refractivity contribution is -0.0130. The Kier molecular flexibility index (Phi) is 8.01. The zero-order valence-electron chi connectivity index (χ0n) is 23.1. The van der Waals surface area contributed by atoms with Crippen LogP contribution in [0.15, 0.2) is 48.5 Å². The van der Waals surface area contributed by atoms with Crippen LogP contribution in [0.4, 0.5) is 4.79 Å². The Hall–Kier alpha value is -4.68. The highest BCUT2D eigenvalue weighted by Crippen LogP contribution is 2.46. The normalized spacial score (nSPS) is 20.7. The van der Waals surface area contributed by atoms with Crippen molar-refractivity contribution in [1.29, 1.82) is 0 Å². The van der Waals surface area contributed by atoms with Gasteiger partial charge < -0.3 is 49.0 Å². The molecule has 3 aromatic rings. The number of phenolic OH excluding ortho intramolecular Hbond substituents is 2. The first-order valence-electron chi connectivity index (χ1n) is 13.4. The number of benzene rings is 3. The van der Waals surface area contributed by atoms with Gasteiger partial charge in [0.2, 0.25) is 5.78 Å². The zero-order valence-corrected chi connectivity index (χ0v) is 23.1. The summed E-state index contributed by atoms with van der Waals surface area (Å²) in [5.74, 6) is -0.642. The lowest BCUT2D eigenvalue weighted by Gasteiger charge is -2.35. The smallest absolute Gasteiger partial charge is 0.415 e. The molecule has 1 amide bonds. The number of rotatable bonds is 7. The molecule has 0 bridgehead atoms. The van der Waals surface area contributed by atoms with Crippen molar-refractivity contribution >= 4 is 11.9 Å². The summed E-state index contributed by atoms with van der Waals surface area (Å²) in [6, 6.07) is 11.7. The highest BCUT2D eigenvalue weighted by Gasteiger charge is 2.41. The van der Waals surface area contributed by atoms with Gasteiger partial charge in [0.1, 0.15) is 22.8 Å². The number of hydrogen-bond acceptors (Lipinski definition) is 11. The molecule has 4 atom stereocenters. The number of methoxy groups -OCH3 is 1. The molecule has 2 aliphatic rings. The number of hydrogen-bond donors (Lipinski definition) is 4. The second-order valence-corrected chi connectivity index (χ2v) is 9.72. The summed E-state index contributed by atoms with van der Waals surface area (Å²) in [6.07, 6.45) is -5.06. The molecule has 2 heterocycles. The molecule has 0 spiro atoms. The summed E-state index contributed by atoms with van der Waals surface area (Å²) in [5.41, 5.74) is 0.699. The van der Waals surface area contributed by atoms with Crippen molar-refractivity contribution in [1.82, 2.24) is 4.90 Å². The van der Waals surface area contributed by atoms with Gasteiger partial charge in [-0.15, -0.1) is 0 Å².